The zero-order valence-electron chi connectivity index (χ0n) is 13.6. The van der Waals surface area contributed by atoms with Crippen LogP contribution >= 0.6 is 11.3 Å². The minimum Gasteiger partial charge on any atom is -0.345 e. The molecule has 26 heavy (non-hydrogen) atoms. The first-order valence-electron chi connectivity index (χ1n) is 7.89. The summed E-state index contributed by atoms with van der Waals surface area (Å²) in [5.74, 6) is -0.305. The molecule has 1 amide bonds. The van der Waals surface area contributed by atoms with Crippen molar-refractivity contribution in [2.45, 2.75) is 6.54 Å². The summed E-state index contributed by atoms with van der Waals surface area (Å²) in [6.07, 6.45) is 5.21. The molecule has 0 fully saturated rings. The van der Waals surface area contributed by atoms with Gasteiger partial charge in [-0.2, -0.15) is 10.3 Å². The molecular weight excluding hydrogens is 346 g/mol. The highest BCUT2D eigenvalue weighted by Gasteiger charge is 2.12. The number of carbonyl (C=O) groups excluding carboxylic acids is 1. The van der Waals surface area contributed by atoms with Crippen LogP contribution in [0.2, 0.25) is 0 Å². The van der Waals surface area contributed by atoms with Crippen molar-refractivity contribution in [2.75, 3.05) is 0 Å². The van der Waals surface area contributed by atoms with Gasteiger partial charge in [0.05, 0.1) is 17.2 Å². The smallest absolute Gasteiger partial charge is 0.281 e. The summed E-state index contributed by atoms with van der Waals surface area (Å²) in [4.78, 5) is 24.7. The Labute approximate surface area is 152 Å². The summed E-state index contributed by atoms with van der Waals surface area (Å²) in [5, 5.41) is 11.5. The maximum absolute atomic E-state index is 12.6. The lowest BCUT2D eigenvalue weighted by atomic mass is 10.1. The van der Waals surface area contributed by atoms with E-state index in [9.17, 15) is 4.79 Å². The first-order chi connectivity index (χ1) is 12.7. The van der Waals surface area contributed by atoms with Crippen molar-refractivity contribution in [1.82, 2.24) is 14.5 Å². The minimum atomic E-state index is -0.305. The van der Waals surface area contributed by atoms with Crippen molar-refractivity contribution in [3.05, 3.63) is 81.9 Å². The zero-order chi connectivity index (χ0) is 17.9. The number of rotatable bonds is 3. The Balaban J connectivity index is 1.65. The topological polar surface area (TPSA) is 86.8 Å². The number of hydrogen-bond acceptors (Lipinski definition) is 4. The summed E-state index contributed by atoms with van der Waals surface area (Å²) >= 11 is 1.40. The maximum atomic E-state index is 12.6. The molecule has 0 radical (unpaired) electrons. The van der Waals surface area contributed by atoms with E-state index in [0.29, 0.717) is 28.1 Å². The number of carbonyl (C=O) groups is 1. The van der Waals surface area contributed by atoms with Crippen molar-refractivity contribution in [3.63, 3.8) is 0 Å². The van der Waals surface area contributed by atoms with Gasteiger partial charge >= 0.3 is 0 Å². The van der Waals surface area contributed by atoms with Crippen LogP contribution in [0.3, 0.4) is 0 Å². The van der Waals surface area contributed by atoms with Gasteiger partial charge in [0.1, 0.15) is 5.65 Å². The lowest BCUT2D eigenvalue weighted by Gasteiger charge is -2.03. The van der Waals surface area contributed by atoms with E-state index < -0.39 is 0 Å². The number of aromatic amines is 1. The third-order valence-electron chi connectivity index (χ3n) is 3.97. The minimum absolute atomic E-state index is 0.305. The number of aromatic nitrogens is 3. The lowest BCUT2D eigenvalue weighted by Crippen LogP contribution is -2.17. The highest BCUT2D eigenvalue weighted by atomic mass is 32.1. The van der Waals surface area contributed by atoms with Gasteiger partial charge < -0.3 is 9.55 Å². The fourth-order valence-corrected chi connectivity index (χ4v) is 3.39. The molecule has 0 spiro atoms. The highest BCUT2D eigenvalue weighted by Crippen LogP contribution is 2.16. The Kier molecular flexibility index (Phi) is 4.17. The van der Waals surface area contributed by atoms with Gasteiger partial charge in [-0.25, -0.2) is 4.98 Å². The van der Waals surface area contributed by atoms with Crippen LogP contribution in [-0.2, 0) is 6.54 Å². The number of H-pyrrole nitrogens is 1. The standard InChI is InChI=1S/C19H13N5OS/c20-10-13-3-5-14(6-4-13)12-24-8-9-26-19(24)23-18(25)16-11-22-17-15(16)2-1-7-21-17/h1-9,11H,12H2,(H,21,22). The van der Waals surface area contributed by atoms with Gasteiger partial charge in [0.25, 0.3) is 5.91 Å². The molecule has 4 aromatic rings. The normalized spacial score (nSPS) is 11.6. The van der Waals surface area contributed by atoms with Gasteiger partial charge in [-0.1, -0.05) is 12.1 Å². The Bertz CT molecular complexity index is 1190. The molecule has 0 saturated carbocycles. The van der Waals surface area contributed by atoms with Crippen LogP contribution in [0.5, 0.6) is 0 Å². The summed E-state index contributed by atoms with van der Waals surface area (Å²) in [7, 11) is 0. The van der Waals surface area contributed by atoms with Crippen molar-refractivity contribution < 1.29 is 4.79 Å². The number of nitriles is 1. The average molecular weight is 359 g/mol. The Morgan fingerprint density at radius 1 is 1.31 bits per heavy atom. The number of pyridine rings is 1. The van der Waals surface area contributed by atoms with Gasteiger partial charge in [-0.15, -0.1) is 11.3 Å². The molecule has 0 aliphatic heterocycles. The summed E-state index contributed by atoms with van der Waals surface area (Å²) < 4.78 is 1.91. The molecule has 0 aliphatic rings. The molecule has 0 bridgehead atoms. The first kappa shape index (κ1) is 16.0. The number of fused-ring (bicyclic) bond motifs is 1. The molecule has 0 saturated heterocycles. The van der Waals surface area contributed by atoms with E-state index in [1.807, 2.05) is 34.3 Å². The van der Waals surface area contributed by atoms with Crippen molar-refractivity contribution in [2.24, 2.45) is 4.99 Å². The number of hydrogen-bond donors (Lipinski definition) is 1. The van der Waals surface area contributed by atoms with Crippen LogP contribution in [-0.4, -0.2) is 20.4 Å². The van der Waals surface area contributed by atoms with Gasteiger partial charge in [0, 0.05) is 35.9 Å². The van der Waals surface area contributed by atoms with Crippen molar-refractivity contribution in [1.29, 1.82) is 5.26 Å². The fraction of sp³-hybridized carbons (Fsp3) is 0.0526. The molecule has 0 aliphatic carbocycles. The van der Waals surface area contributed by atoms with E-state index in [2.05, 4.69) is 21.0 Å². The highest BCUT2D eigenvalue weighted by molar-refractivity contribution is 7.07. The van der Waals surface area contributed by atoms with E-state index in [4.69, 9.17) is 5.26 Å². The van der Waals surface area contributed by atoms with Crippen molar-refractivity contribution in [3.8, 4) is 6.07 Å². The number of amides is 1. The van der Waals surface area contributed by atoms with E-state index >= 15 is 0 Å². The SMILES string of the molecule is N#Cc1ccc(Cn2ccsc2=NC(=O)c2c[nH]c3ncccc23)cc1. The number of nitrogens with one attached hydrogen (secondary N) is 1. The third-order valence-corrected chi connectivity index (χ3v) is 4.77. The average Bonchev–Trinajstić information content (AvgIpc) is 3.29. The van der Waals surface area contributed by atoms with E-state index in [1.165, 1.54) is 11.3 Å². The molecule has 0 unspecified atom stereocenters. The van der Waals surface area contributed by atoms with Crippen LogP contribution in [0, 0.1) is 11.3 Å². The largest absolute Gasteiger partial charge is 0.345 e. The van der Waals surface area contributed by atoms with Crippen LogP contribution in [0.1, 0.15) is 21.5 Å². The summed E-state index contributed by atoms with van der Waals surface area (Å²) in [5.41, 5.74) is 2.83. The van der Waals surface area contributed by atoms with Gasteiger partial charge in [0.15, 0.2) is 4.80 Å². The van der Waals surface area contributed by atoms with E-state index in [0.717, 1.165) is 10.9 Å². The van der Waals surface area contributed by atoms with Crippen LogP contribution in [0.4, 0.5) is 0 Å². The Hall–Kier alpha value is -3.50. The molecule has 3 heterocycles. The molecule has 0 atom stereocenters. The van der Waals surface area contributed by atoms with Gasteiger partial charge in [0.2, 0.25) is 0 Å². The predicted octanol–water partition coefficient (Wildman–Crippen LogP) is 3.09. The second-order valence-electron chi connectivity index (χ2n) is 5.64. The Morgan fingerprint density at radius 2 is 2.15 bits per heavy atom. The number of nitrogens with zero attached hydrogens (tertiary/aromatic N) is 4. The molecule has 6 nitrogen and oxygen atoms in total. The monoisotopic (exact) mass is 359 g/mol. The fourth-order valence-electron chi connectivity index (χ4n) is 2.67. The van der Waals surface area contributed by atoms with E-state index in [1.54, 1.807) is 30.6 Å². The zero-order valence-corrected chi connectivity index (χ0v) is 14.4. The third kappa shape index (κ3) is 3.06. The molecule has 4 rings (SSSR count). The van der Waals surface area contributed by atoms with Gasteiger partial charge in [-0.3, -0.25) is 4.79 Å². The maximum Gasteiger partial charge on any atom is 0.281 e. The first-order valence-corrected chi connectivity index (χ1v) is 8.77. The molecule has 126 valence electrons. The van der Waals surface area contributed by atoms with Crippen LogP contribution in [0.15, 0.2) is 65.4 Å². The molecule has 3 aromatic heterocycles. The van der Waals surface area contributed by atoms with Crippen LogP contribution in [0.25, 0.3) is 11.0 Å². The molecule has 1 aromatic carbocycles. The number of benzene rings is 1. The lowest BCUT2D eigenvalue weighted by molar-refractivity contribution is 0.0999. The summed E-state index contributed by atoms with van der Waals surface area (Å²) in [6, 6.07) is 13.1. The van der Waals surface area contributed by atoms with E-state index in [-0.39, 0.29) is 5.91 Å². The molecule has 1 N–H and O–H groups in total. The molecular formula is C19H13N5OS. The van der Waals surface area contributed by atoms with Crippen LogP contribution < -0.4 is 4.80 Å². The second-order valence-corrected chi connectivity index (χ2v) is 6.51. The van der Waals surface area contributed by atoms with Gasteiger partial charge in [-0.05, 0) is 29.8 Å². The second kappa shape index (κ2) is 6.78. The summed E-state index contributed by atoms with van der Waals surface area (Å²) in [6.45, 7) is 0.580. The quantitative estimate of drug-likeness (QED) is 0.610. The molecule has 7 heteroatoms. The predicted molar refractivity (Wildman–Crippen MR) is 98.6 cm³/mol. The number of thiazole rings is 1. The Morgan fingerprint density at radius 3 is 2.96 bits per heavy atom. The van der Waals surface area contributed by atoms with Crippen molar-refractivity contribution >= 4 is 28.3 Å².